The number of rotatable bonds is 4. The average molecular weight is 462 g/mol. The Morgan fingerprint density at radius 3 is 1.30 bits per heavy atom. The Labute approximate surface area is 173 Å². The van der Waals surface area contributed by atoms with Crippen molar-refractivity contribution in [3.8, 4) is 11.1 Å². The van der Waals surface area contributed by atoms with Crippen LogP contribution in [0.25, 0.3) is 11.1 Å². The van der Waals surface area contributed by atoms with E-state index in [4.69, 9.17) is 0 Å². The number of benzene rings is 4. The topological polar surface area (TPSA) is 20.2 Å². The molecule has 2 heteroatoms. The van der Waals surface area contributed by atoms with Crippen LogP contribution in [0.5, 0.6) is 0 Å². The first-order chi connectivity index (χ1) is 13.2. The molecule has 0 bridgehead atoms. The third kappa shape index (κ3) is 3.55. The smallest absolute Gasteiger partial charge is 0.140 e. The minimum Gasteiger partial charge on any atom is -0.376 e. The monoisotopic (exact) mass is 462 g/mol. The molecule has 1 N–H and O–H groups in total. The fourth-order valence-electron chi connectivity index (χ4n) is 3.40. The van der Waals surface area contributed by atoms with E-state index in [0.717, 1.165) is 22.3 Å². The summed E-state index contributed by atoms with van der Waals surface area (Å²) in [4.78, 5) is 0. The molecule has 4 rings (SSSR count). The molecule has 0 saturated carbocycles. The fourth-order valence-corrected chi connectivity index (χ4v) is 3.76. The molecule has 1 nitrogen and oxygen atoms in total. The quantitative estimate of drug-likeness (QED) is 0.281. The van der Waals surface area contributed by atoms with Gasteiger partial charge in [-0.1, -0.05) is 97.1 Å². The molecule has 0 radical (unpaired) electrons. The zero-order chi connectivity index (χ0) is 18.7. The van der Waals surface area contributed by atoms with Crippen LogP contribution in [0.1, 0.15) is 16.7 Å². The van der Waals surface area contributed by atoms with Gasteiger partial charge in [0.05, 0.1) is 0 Å². The van der Waals surface area contributed by atoms with Gasteiger partial charge in [-0.3, -0.25) is 0 Å². The van der Waals surface area contributed by atoms with E-state index < -0.39 is 5.60 Å². The molecular formula is C25H19IO. The molecule has 0 aliphatic heterocycles. The van der Waals surface area contributed by atoms with Crippen molar-refractivity contribution in [2.45, 2.75) is 5.60 Å². The summed E-state index contributed by atoms with van der Waals surface area (Å²) >= 11 is 2.31. The van der Waals surface area contributed by atoms with Crippen LogP contribution in [0.15, 0.2) is 109 Å². The van der Waals surface area contributed by atoms with Gasteiger partial charge in [-0.05, 0) is 62.5 Å². The zero-order valence-electron chi connectivity index (χ0n) is 14.7. The van der Waals surface area contributed by atoms with Crippen LogP contribution in [0.4, 0.5) is 0 Å². The van der Waals surface area contributed by atoms with E-state index in [1.54, 1.807) is 0 Å². The van der Waals surface area contributed by atoms with E-state index in [1.807, 2.05) is 72.8 Å². The lowest BCUT2D eigenvalue weighted by Gasteiger charge is -2.30. The zero-order valence-corrected chi connectivity index (χ0v) is 16.9. The Hall–Kier alpha value is -2.43. The predicted molar refractivity (Wildman–Crippen MR) is 120 cm³/mol. The van der Waals surface area contributed by atoms with Crippen LogP contribution in [0.3, 0.4) is 0 Å². The van der Waals surface area contributed by atoms with Crippen LogP contribution in [-0.4, -0.2) is 5.11 Å². The molecule has 0 aromatic heterocycles. The minimum atomic E-state index is -1.19. The van der Waals surface area contributed by atoms with Crippen molar-refractivity contribution >= 4 is 22.6 Å². The summed E-state index contributed by atoms with van der Waals surface area (Å²) in [5.41, 5.74) is 3.70. The maximum Gasteiger partial charge on any atom is 0.140 e. The first-order valence-corrected chi connectivity index (χ1v) is 9.96. The molecular weight excluding hydrogens is 443 g/mol. The number of hydrogen-bond donors (Lipinski definition) is 1. The summed E-state index contributed by atoms with van der Waals surface area (Å²) in [6, 6.07) is 36.3. The van der Waals surface area contributed by atoms with Gasteiger partial charge in [0.2, 0.25) is 0 Å². The Bertz CT molecular complexity index is 968. The molecule has 0 unspecified atom stereocenters. The summed E-state index contributed by atoms with van der Waals surface area (Å²) in [5.74, 6) is 0. The van der Waals surface area contributed by atoms with Gasteiger partial charge in [-0.25, -0.2) is 0 Å². The summed E-state index contributed by atoms with van der Waals surface area (Å²) in [7, 11) is 0. The molecule has 0 amide bonds. The fraction of sp³-hybridized carbons (Fsp3) is 0.0400. The van der Waals surface area contributed by atoms with Gasteiger partial charge in [0.25, 0.3) is 0 Å². The van der Waals surface area contributed by atoms with Gasteiger partial charge in [-0.2, -0.15) is 0 Å². The van der Waals surface area contributed by atoms with Crippen LogP contribution in [0, 0.1) is 3.57 Å². The van der Waals surface area contributed by atoms with E-state index in [0.29, 0.717) is 0 Å². The third-order valence-electron chi connectivity index (χ3n) is 4.86. The highest BCUT2D eigenvalue weighted by molar-refractivity contribution is 14.1. The molecule has 0 fully saturated rings. The molecule has 0 heterocycles. The molecule has 0 atom stereocenters. The van der Waals surface area contributed by atoms with Gasteiger partial charge in [0, 0.05) is 3.57 Å². The van der Waals surface area contributed by atoms with Crippen LogP contribution in [0.2, 0.25) is 0 Å². The maximum atomic E-state index is 11.8. The molecule has 27 heavy (non-hydrogen) atoms. The molecule has 0 spiro atoms. The standard InChI is InChI=1S/C25H19IO/c26-24-17-13-20(14-18-24)19-11-15-23(16-12-19)25(27,21-7-3-1-4-8-21)22-9-5-2-6-10-22/h1-18,27H. The van der Waals surface area contributed by atoms with Gasteiger partial charge < -0.3 is 5.11 Å². The van der Waals surface area contributed by atoms with Crippen molar-refractivity contribution in [1.29, 1.82) is 0 Å². The first kappa shape index (κ1) is 18.0. The van der Waals surface area contributed by atoms with Crippen LogP contribution in [-0.2, 0) is 5.60 Å². The maximum absolute atomic E-state index is 11.8. The van der Waals surface area contributed by atoms with Crippen molar-refractivity contribution in [3.63, 3.8) is 0 Å². The van der Waals surface area contributed by atoms with E-state index in [9.17, 15) is 5.11 Å². The Morgan fingerprint density at radius 2 is 0.852 bits per heavy atom. The highest BCUT2D eigenvalue weighted by atomic mass is 127. The number of hydrogen-bond acceptors (Lipinski definition) is 1. The van der Waals surface area contributed by atoms with Crippen molar-refractivity contribution in [3.05, 3.63) is 129 Å². The number of halogens is 1. The second-order valence-electron chi connectivity index (χ2n) is 6.53. The largest absolute Gasteiger partial charge is 0.376 e. The van der Waals surface area contributed by atoms with E-state index in [-0.39, 0.29) is 0 Å². The van der Waals surface area contributed by atoms with Crippen molar-refractivity contribution in [2.24, 2.45) is 0 Å². The highest BCUT2D eigenvalue weighted by Gasteiger charge is 2.33. The van der Waals surface area contributed by atoms with E-state index >= 15 is 0 Å². The van der Waals surface area contributed by atoms with Gasteiger partial charge >= 0.3 is 0 Å². The van der Waals surface area contributed by atoms with E-state index in [1.165, 1.54) is 9.13 Å². The van der Waals surface area contributed by atoms with Crippen molar-refractivity contribution in [1.82, 2.24) is 0 Å². The third-order valence-corrected chi connectivity index (χ3v) is 5.58. The SMILES string of the molecule is OC(c1ccccc1)(c1ccccc1)c1ccc(-c2ccc(I)cc2)cc1. The van der Waals surface area contributed by atoms with Crippen molar-refractivity contribution < 1.29 is 5.11 Å². The lowest BCUT2D eigenvalue weighted by atomic mass is 9.80. The average Bonchev–Trinajstić information content (AvgIpc) is 2.75. The Balaban J connectivity index is 1.80. The van der Waals surface area contributed by atoms with Gasteiger partial charge in [0.15, 0.2) is 0 Å². The molecule has 0 aliphatic carbocycles. The molecule has 4 aromatic carbocycles. The van der Waals surface area contributed by atoms with Gasteiger partial charge in [-0.15, -0.1) is 0 Å². The molecule has 0 saturated heterocycles. The first-order valence-electron chi connectivity index (χ1n) is 8.88. The minimum absolute atomic E-state index is 0.856. The Morgan fingerprint density at radius 1 is 0.481 bits per heavy atom. The molecule has 4 aromatic rings. The Kier molecular flexibility index (Phi) is 5.10. The second-order valence-corrected chi connectivity index (χ2v) is 7.77. The lowest BCUT2D eigenvalue weighted by molar-refractivity contribution is 0.126. The highest BCUT2D eigenvalue weighted by Crippen LogP contribution is 2.37. The number of aliphatic hydroxyl groups is 1. The second kappa shape index (κ2) is 7.67. The summed E-state index contributed by atoms with van der Waals surface area (Å²) in [6.07, 6.45) is 0. The summed E-state index contributed by atoms with van der Waals surface area (Å²) in [6.45, 7) is 0. The van der Waals surface area contributed by atoms with Crippen LogP contribution < -0.4 is 0 Å². The van der Waals surface area contributed by atoms with Gasteiger partial charge in [0.1, 0.15) is 5.60 Å². The van der Waals surface area contributed by atoms with Crippen LogP contribution >= 0.6 is 22.6 Å². The predicted octanol–water partition coefficient (Wildman–Crippen LogP) is 6.24. The normalized spacial score (nSPS) is 11.3. The molecule has 0 aliphatic rings. The summed E-state index contributed by atoms with van der Waals surface area (Å²) in [5, 5.41) is 11.8. The van der Waals surface area contributed by atoms with Crippen molar-refractivity contribution in [2.75, 3.05) is 0 Å². The summed E-state index contributed by atoms with van der Waals surface area (Å²) < 4.78 is 1.22. The van der Waals surface area contributed by atoms with E-state index in [2.05, 4.69) is 59.0 Å². The lowest BCUT2D eigenvalue weighted by Crippen LogP contribution is -2.28. The molecule has 132 valence electrons.